The van der Waals surface area contributed by atoms with Gasteiger partial charge in [0.25, 0.3) is 0 Å². The highest BCUT2D eigenvalue weighted by atomic mass is 32.1. The van der Waals surface area contributed by atoms with Gasteiger partial charge < -0.3 is 10.2 Å². The van der Waals surface area contributed by atoms with Crippen molar-refractivity contribution in [2.45, 2.75) is 38.4 Å². The van der Waals surface area contributed by atoms with E-state index in [4.69, 9.17) is 4.98 Å². The zero-order valence-corrected chi connectivity index (χ0v) is 19.3. The standard InChI is InChI=1S/C26H26F3N3S/c1-17-15-22-23(33-17)11-7-19-3-2-12-31-24(19)25(22)32-14-13-30-21(16-32)10-6-18-4-8-20(9-5-18)26(27,28)29/h2-5,7-9,12,15,21,30H,6,10-11,13-14,16H2,1H3. The molecule has 172 valence electrons. The van der Waals surface area contributed by atoms with Gasteiger partial charge in [0, 0.05) is 53.6 Å². The second kappa shape index (κ2) is 8.95. The van der Waals surface area contributed by atoms with E-state index in [1.807, 2.05) is 23.6 Å². The second-order valence-electron chi connectivity index (χ2n) is 8.72. The van der Waals surface area contributed by atoms with E-state index >= 15 is 0 Å². The maximum atomic E-state index is 12.8. The normalized spacial score (nSPS) is 18.4. The first-order chi connectivity index (χ1) is 15.9. The quantitative estimate of drug-likeness (QED) is 0.629. The fourth-order valence-electron chi connectivity index (χ4n) is 4.77. The Morgan fingerprint density at radius 3 is 2.79 bits per heavy atom. The van der Waals surface area contributed by atoms with Crippen molar-refractivity contribution in [1.82, 2.24) is 15.2 Å². The summed E-state index contributed by atoms with van der Waals surface area (Å²) in [4.78, 5) is 9.90. The van der Waals surface area contributed by atoms with E-state index in [0.29, 0.717) is 0 Å². The SMILES string of the molecule is Cc1cc2c(s1)CC=c1cccnc1=C2N1CCNC(CCc2ccc(C(F)(F)F)cc2)C1. The number of fused-ring (bicyclic) bond motifs is 2. The maximum Gasteiger partial charge on any atom is 0.416 e. The molecule has 1 aliphatic carbocycles. The van der Waals surface area contributed by atoms with Crippen LogP contribution >= 0.6 is 11.3 Å². The minimum Gasteiger partial charge on any atom is -0.366 e. The van der Waals surface area contributed by atoms with Gasteiger partial charge in [0.1, 0.15) is 0 Å². The molecule has 2 aliphatic rings. The lowest BCUT2D eigenvalue weighted by Crippen LogP contribution is -2.51. The van der Waals surface area contributed by atoms with E-state index in [1.54, 1.807) is 12.1 Å². The first kappa shape index (κ1) is 22.2. The molecule has 1 aromatic carbocycles. The van der Waals surface area contributed by atoms with Gasteiger partial charge in [-0.3, -0.25) is 4.98 Å². The molecule has 0 bridgehead atoms. The number of alkyl halides is 3. The van der Waals surface area contributed by atoms with Crippen molar-refractivity contribution in [3.63, 3.8) is 0 Å². The van der Waals surface area contributed by atoms with Crippen molar-refractivity contribution in [2.75, 3.05) is 19.6 Å². The molecule has 1 saturated heterocycles. The molecule has 1 aliphatic heterocycles. The summed E-state index contributed by atoms with van der Waals surface area (Å²) in [6, 6.07) is 12.2. The van der Waals surface area contributed by atoms with Crippen molar-refractivity contribution >= 4 is 23.1 Å². The third-order valence-corrected chi connectivity index (χ3v) is 7.47. The van der Waals surface area contributed by atoms with Gasteiger partial charge in [-0.05, 0) is 54.8 Å². The number of piperazine rings is 1. The molecule has 3 nitrogen and oxygen atoms in total. The predicted molar refractivity (Wildman–Crippen MR) is 126 cm³/mol. The summed E-state index contributed by atoms with van der Waals surface area (Å²) in [5.41, 5.74) is 2.83. The van der Waals surface area contributed by atoms with E-state index in [9.17, 15) is 13.2 Å². The Morgan fingerprint density at radius 1 is 1.18 bits per heavy atom. The Hall–Kier alpha value is -2.64. The molecule has 33 heavy (non-hydrogen) atoms. The summed E-state index contributed by atoms with van der Waals surface area (Å²) in [6.07, 6.45) is 2.37. The monoisotopic (exact) mass is 469 g/mol. The fourth-order valence-corrected chi connectivity index (χ4v) is 5.77. The average Bonchev–Trinajstić information content (AvgIpc) is 3.10. The van der Waals surface area contributed by atoms with Crippen molar-refractivity contribution < 1.29 is 13.2 Å². The number of nitrogens with zero attached hydrogens (tertiary/aromatic N) is 2. The lowest BCUT2D eigenvalue weighted by atomic mass is 10.0. The van der Waals surface area contributed by atoms with Crippen LogP contribution in [-0.2, 0) is 19.0 Å². The van der Waals surface area contributed by atoms with Gasteiger partial charge >= 0.3 is 6.18 Å². The van der Waals surface area contributed by atoms with Gasteiger partial charge in [0.05, 0.1) is 16.6 Å². The minimum atomic E-state index is -4.29. The smallest absolute Gasteiger partial charge is 0.366 e. The van der Waals surface area contributed by atoms with Crippen LogP contribution in [-0.4, -0.2) is 35.6 Å². The summed E-state index contributed by atoms with van der Waals surface area (Å²) < 4.78 is 38.5. The minimum absolute atomic E-state index is 0.260. The van der Waals surface area contributed by atoms with Crippen LogP contribution in [0.1, 0.15) is 32.9 Å². The second-order valence-corrected chi connectivity index (χ2v) is 10.1. The molecule has 3 aromatic rings. The molecular weight excluding hydrogens is 443 g/mol. The van der Waals surface area contributed by atoms with E-state index in [2.05, 4.69) is 35.3 Å². The number of halogens is 3. The Bertz CT molecular complexity index is 1260. The van der Waals surface area contributed by atoms with E-state index < -0.39 is 11.7 Å². The molecule has 2 aromatic heterocycles. The molecule has 1 N–H and O–H groups in total. The van der Waals surface area contributed by atoms with Gasteiger partial charge in [0.15, 0.2) is 0 Å². The van der Waals surface area contributed by atoms with Crippen molar-refractivity contribution in [3.05, 3.63) is 85.7 Å². The van der Waals surface area contributed by atoms with Gasteiger partial charge in [-0.15, -0.1) is 11.3 Å². The molecular formula is C26H26F3N3S. The van der Waals surface area contributed by atoms with Gasteiger partial charge in [-0.2, -0.15) is 13.2 Å². The third kappa shape index (κ3) is 4.70. The average molecular weight is 470 g/mol. The Morgan fingerprint density at radius 2 is 2.00 bits per heavy atom. The number of nitrogens with one attached hydrogen (secondary N) is 1. The third-order valence-electron chi connectivity index (χ3n) is 6.39. The van der Waals surface area contributed by atoms with Crippen LogP contribution in [0.2, 0.25) is 0 Å². The zero-order chi connectivity index (χ0) is 23.0. The molecule has 7 heteroatoms. The van der Waals surface area contributed by atoms with Crippen LogP contribution in [0, 0.1) is 6.92 Å². The van der Waals surface area contributed by atoms with Gasteiger partial charge in [-0.25, -0.2) is 0 Å². The van der Waals surface area contributed by atoms with E-state index in [0.717, 1.165) is 49.8 Å². The molecule has 0 saturated carbocycles. The molecule has 3 heterocycles. The molecule has 0 spiro atoms. The summed E-state index contributed by atoms with van der Waals surface area (Å²) in [5, 5.41) is 5.82. The Labute approximate surface area is 195 Å². The first-order valence-corrected chi connectivity index (χ1v) is 12.1. The number of hydrogen-bond donors (Lipinski definition) is 1. The van der Waals surface area contributed by atoms with Gasteiger partial charge in [-0.1, -0.05) is 24.3 Å². The summed E-state index contributed by atoms with van der Waals surface area (Å²) in [6.45, 7) is 4.77. The van der Waals surface area contributed by atoms with Crippen molar-refractivity contribution in [2.24, 2.45) is 0 Å². The number of aromatic nitrogens is 1. The maximum absolute atomic E-state index is 12.8. The molecule has 0 radical (unpaired) electrons. The highest BCUT2D eigenvalue weighted by molar-refractivity contribution is 7.12. The molecule has 1 unspecified atom stereocenters. The number of aryl methyl sites for hydroxylation is 2. The highest BCUT2D eigenvalue weighted by Gasteiger charge is 2.30. The summed E-state index contributed by atoms with van der Waals surface area (Å²) >= 11 is 1.85. The number of benzene rings is 1. The number of pyridine rings is 1. The predicted octanol–water partition coefficient (Wildman–Crippen LogP) is 3.87. The van der Waals surface area contributed by atoms with Crippen molar-refractivity contribution in [3.8, 4) is 0 Å². The zero-order valence-electron chi connectivity index (χ0n) is 18.5. The first-order valence-electron chi connectivity index (χ1n) is 11.3. The van der Waals surface area contributed by atoms with E-state index in [1.165, 1.54) is 38.4 Å². The topological polar surface area (TPSA) is 28.2 Å². The Balaban J connectivity index is 1.38. The van der Waals surface area contributed by atoms with Crippen molar-refractivity contribution in [1.29, 1.82) is 0 Å². The number of hydrogen-bond acceptors (Lipinski definition) is 4. The van der Waals surface area contributed by atoms with E-state index in [-0.39, 0.29) is 6.04 Å². The molecule has 1 fully saturated rings. The summed E-state index contributed by atoms with van der Waals surface area (Å²) in [5.74, 6) is 0. The lowest BCUT2D eigenvalue weighted by molar-refractivity contribution is -0.137. The summed E-state index contributed by atoms with van der Waals surface area (Å²) in [7, 11) is 0. The van der Waals surface area contributed by atoms with Crippen LogP contribution in [0.3, 0.4) is 0 Å². The molecule has 5 rings (SSSR count). The van der Waals surface area contributed by atoms with Crippen LogP contribution in [0.25, 0.3) is 11.8 Å². The van der Waals surface area contributed by atoms with Crippen LogP contribution < -0.4 is 15.9 Å². The fraction of sp³-hybridized carbons (Fsp3) is 0.346. The molecule has 1 atom stereocenters. The number of thiophene rings is 1. The van der Waals surface area contributed by atoms with Crippen LogP contribution in [0.15, 0.2) is 48.7 Å². The van der Waals surface area contributed by atoms with Gasteiger partial charge in [0.2, 0.25) is 0 Å². The lowest BCUT2D eigenvalue weighted by Gasteiger charge is -2.37. The Kier molecular flexibility index (Phi) is 6.01. The highest BCUT2D eigenvalue weighted by Crippen LogP contribution is 2.31. The largest absolute Gasteiger partial charge is 0.416 e. The van der Waals surface area contributed by atoms with Crippen LogP contribution in [0.5, 0.6) is 0 Å². The molecule has 0 amide bonds. The number of rotatable bonds is 4. The van der Waals surface area contributed by atoms with Crippen LogP contribution in [0.4, 0.5) is 13.2 Å².